The molecule has 23 heavy (non-hydrogen) atoms. The Bertz CT molecular complexity index is 530. The second kappa shape index (κ2) is 7.45. The molecule has 1 saturated heterocycles. The maximum Gasteiger partial charge on any atom is 0.163 e. The number of Topliss-reactive ketones (excluding diaryl/α,β-unsaturated/α-hetero) is 1. The van der Waals surface area contributed by atoms with E-state index in [2.05, 4.69) is 10.2 Å². The Kier molecular flexibility index (Phi) is 5.34. The Morgan fingerprint density at radius 1 is 1.26 bits per heavy atom. The Balaban J connectivity index is 1.60. The molecule has 1 N–H and O–H groups in total. The van der Waals surface area contributed by atoms with Crippen LogP contribution in [0.5, 0.6) is 5.75 Å². The van der Waals surface area contributed by atoms with Gasteiger partial charge < -0.3 is 10.1 Å². The number of nitrogens with one attached hydrogen (secondary N) is 1. The first-order chi connectivity index (χ1) is 11.2. The van der Waals surface area contributed by atoms with Crippen LogP contribution in [0, 0.1) is 0 Å². The first-order valence-electron chi connectivity index (χ1n) is 8.90. The molecule has 1 heterocycles. The molecular weight excluding hydrogens is 288 g/mol. The van der Waals surface area contributed by atoms with Crippen LogP contribution in [0.25, 0.3) is 0 Å². The van der Waals surface area contributed by atoms with Crippen molar-refractivity contribution in [3.05, 3.63) is 29.8 Å². The third kappa shape index (κ3) is 3.75. The van der Waals surface area contributed by atoms with E-state index in [0.717, 1.165) is 26.2 Å². The van der Waals surface area contributed by atoms with Crippen molar-refractivity contribution in [1.29, 1.82) is 0 Å². The fraction of sp³-hybridized carbons (Fsp3) is 0.632. The van der Waals surface area contributed by atoms with Crippen molar-refractivity contribution in [2.45, 2.75) is 44.6 Å². The summed E-state index contributed by atoms with van der Waals surface area (Å²) in [6, 6.07) is 7.54. The number of ether oxygens (including phenoxy) is 1. The summed E-state index contributed by atoms with van der Waals surface area (Å²) in [6.45, 7) is 6.44. The predicted molar refractivity (Wildman–Crippen MR) is 92.2 cm³/mol. The Hall–Kier alpha value is -1.39. The van der Waals surface area contributed by atoms with E-state index in [1.165, 1.54) is 32.1 Å². The quantitative estimate of drug-likeness (QED) is 0.848. The van der Waals surface area contributed by atoms with E-state index in [1.807, 2.05) is 24.3 Å². The highest BCUT2D eigenvalue weighted by Gasteiger charge is 2.39. The molecule has 0 bridgehead atoms. The molecule has 0 aromatic heterocycles. The summed E-state index contributed by atoms with van der Waals surface area (Å²) in [6.07, 6.45) is 6.64. The second-order valence-corrected chi connectivity index (χ2v) is 6.85. The minimum Gasteiger partial charge on any atom is -0.491 e. The van der Waals surface area contributed by atoms with Crippen LogP contribution in [-0.2, 0) is 0 Å². The standard InChI is InChI=1S/C19H28N2O2/c1-16(22)17-7-3-4-8-18(17)23-14-13-21-12-11-20-15-19(21)9-5-2-6-10-19/h3-4,7-8,20H,2,5-6,9-15H2,1H3. The third-order valence-corrected chi connectivity index (χ3v) is 5.35. The van der Waals surface area contributed by atoms with Crippen molar-refractivity contribution in [2.75, 3.05) is 32.8 Å². The van der Waals surface area contributed by atoms with Crippen molar-refractivity contribution >= 4 is 5.78 Å². The van der Waals surface area contributed by atoms with Gasteiger partial charge in [0.25, 0.3) is 0 Å². The third-order valence-electron chi connectivity index (χ3n) is 5.35. The molecule has 126 valence electrons. The molecule has 1 aliphatic carbocycles. The summed E-state index contributed by atoms with van der Waals surface area (Å²) in [4.78, 5) is 14.3. The van der Waals surface area contributed by atoms with Gasteiger partial charge in [0.2, 0.25) is 0 Å². The van der Waals surface area contributed by atoms with Crippen LogP contribution in [0.2, 0.25) is 0 Å². The van der Waals surface area contributed by atoms with Gasteiger partial charge in [-0.2, -0.15) is 0 Å². The zero-order valence-electron chi connectivity index (χ0n) is 14.1. The number of ketones is 1. The molecule has 4 heteroatoms. The number of benzene rings is 1. The molecule has 3 rings (SSSR count). The lowest BCUT2D eigenvalue weighted by molar-refractivity contribution is 0.0182. The number of carbonyl (C=O) groups is 1. The van der Waals surface area contributed by atoms with E-state index >= 15 is 0 Å². The van der Waals surface area contributed by atoms with Gasteiger partial charge in [-0.25, -0.2) is 0 Å². The molecule has 0 amide bonds. The van der Waals surface area contributed by atoms with Gasteiger partial charge in [-0.05, 0) is 31.9 Å². The van der Waals surface area contributed by atoms with Crippen molar-refractivity contribution in [1.82, 2.24) is 10.2 Å². The molecule has 1 spiro atoms. The Labute approximate surface area is 139 Å². The average Bonchev–Trinajstić information content (AvgIpc) is 2.58. The molecule has 2 aliphatic rings. The van der Waals surface area contributed by atoms with Crippen LogP contribution in [0.4, 0.5) is 0 Å². The van der Waals surface area contributed by atoms with Gasteiger partial charge in [0.05, 0.1) is 5.56 Å². The summed E-state index contributed by atoms with van der Waals surface area (Å²) < 4.78 is 5.95. The molecule has 4 nitrogen and oxygen atoms in total. The maximum atomic E-state index is 11.7. The summed E-state index contributed by atoms with van der Waals surface area (Å²) >= 11 is 0. The van der Waals surface area contributed by atoms with Crippen LogP contribution < -0.4 is 10.1 Å². The van der Waals surface area contributed by atoms with Crippen molar-refractivity contribution in [3.8, 4) is 5.75 Å². The van der Waals surface area contributed by atoms with Crippen molar-refractivity contribution < 1.29 is 9.53 Å². The van der Waals surface area contributed by atoms with Crippen LogP contribution >= 0.6 is 0 Å². The van der Waals surface area contributed by atoms with Gasteiger partial charge in [0.15, 0.2) is 5.78 Å². The van der Waals surface area contributed by atoms with Gasteiger partial charge in [-0.15, -0.1) is 0 Å². The van der Waals surface area contributed by atoms with Gasteiger partial charge in [0, 0.05) is 31.7 Å². The number of piperazine rings is 1. The monoisotopic (exact) mass is 316 g/mol. The highest BCUT2D eigenvalue weighted by atomic mass is 16.5. The molecule has 0 unspecified atom stereocenters. The predicted octanol–water partition coefficient (Wildman–Crippen LogP) is 2.88. The minimum atomic E-state index is 0.0616. The molecule has 1 saturated carbocycles. The molecule has 1 aliphatic heterocycles. The van der Waals surface area contributed by atoms with Gasteiger partial charge in [-0.1, -0.05) is 31.4 Å². The van der Waals surface area contributed by atoms with Crippen LogP contribution in [-0.4, -0.2) is 49.0 Å². The van der Waals surface area contributed by atoms with Crippen LogP contribution in [0.1, 0.15) is 49.4 Å². The lowest BCUT2D eigenvalue weighted by Gasteiger charge is -2.49. The second-order valence-electron chi connectivity index (χ2n) is 6.85. The number of hydrogen-bond acceptors (Lipinski definition) is 4. The van der Waals surface area contributed by atoms with Gasteiger partial charge >= 0.3 is 0 Å². The Morgan fingerprint density at radius 2 is 2.04 bits per heavy atom. The zero-order chi connectivity index (χ0) is 16.1. The zero-order valence-corrected chi connectivity index (χ0v) is 14.1. The fourth-order valence-electron chi connectivity index (χ4n) is 4.09. The molecule has 0 atom stereocenters. The van der Waals surface area contributed by atoms with E-state index in [1.54, 1.807) is 6.92 Å². The fourth-order valence-corrected chi connectivity index (χ4v) is 4.09. The van der Waals surface area contributed by atoms with E-state index in [-0.39, 0.29) is 5.78 Å². The smallest absolute Gasteiger partial charge is 0.163 e. The summed E-state index contributed by atoms with van der Waals surface area (Å²) in [7, 11) is 0. The molecule has 1 aromatic rings. The Morgan fingerprint density at radius 3 is 2.83 bits per heavy atom. The number of carbonyl (C=O) groups excluding carboxylic acids is 1. The lowest BCUT2D eigenvalue weighted by atomic mass is 9.79. The summed E-state index contributed by atoms with van der Waals surface area (Å²) in [5.41, 5.74) is 1.01. The molecular formula is C19H28N2O2. The van der Waals surface area contributed by atoms with E-state index in [0.29, 0.717) is 23.5 Å². The lowest BCUT2D eigenvalue weighted by Crippen LogP contribution is -2.62. The van der Waals surface area contributed by atoms with Gasteiger partial charge in [-0.3, -0.25) is 9.69 Å². The van der Waals surface area contributed by atoms with E-state index in [9.17, 15) is 4.79 Å². The summed E-state index contributed by atoms with van der Waals surface area (Å²) in [5.74, 6) is 0.777. The SMILES string of the molecule is CC(=O)c1ccccc1OCCN1CCNCC12CCCCC2. The normalized spacial score (nSPS) is 21.3. The average molecular weight is 316 g/mol. The first kappa shape index (κ1) is 16.5. The first-order valence-corrected chi connectivity index (χ1v) is 8.90. The highest BCUT2D eigenvalue weighted by Crippen LogP contribution is 2.34. The van der Waals surface area contributed by atoms with E-state index < -0.39 is 0 Å². The summed E-state index contributed by atoms with van der Waals surface area (Å²) in [5, 5.41) is 3.58. The molecule has 1 aromatic carbocycles. The van der Waals surface area contributed by atoms with E-state index in [4.69, 9.17) is 4.74 Å². The number of para-hydroxylation sites is 1. The molecule has 2 fully saturated rings. The van der Waals surface area contributed by atoms with Crippen LogP contribution in [0.3, 0.4) is 0 Å². The maximum absolute atomic E-state index is 11.7. The molecule has 0 radical (unpaired) electrons. The highest BCUT2D eigenvalue weighted by molar-refractivity contribution is 5.96. The van der Waals surface area contributed by atoms with Gasteiger partial charge in [0.1, 0.15) is 12.4 Å². The number of hydrogen-bond donors (Lipinski definition) is 1. The topological polar surface area (TPSA) is 41.6 Å². The number of nitrogens with zero attached hydrogens (tertiary/aromatic N) is 1. The van der Waals surface area contributed by atoms with Crippen molar-refractivity contribution in [3.63, 3.8) is 0 Å². The number of rotatable bonds is 5. The minimum absolute atomic E-state index is 0.0616. The van der Waals surface area contributed by atoms with Crippen LogP contribution in [0.15, 0.2) is 24.3 Å². The largest absolute Gasteiger partial charge is 0.491 e. The van der Waals surface area contributed by atoms with Crippen molar-refractivity contribution in [2.24, 2.45) is 0 Å².